The van der Waals surface area contributed by atoms with Gasteiger partial charge < -0.3 is 29.6 Å². The van der Waals surface area contributed by atoms with Crippen LogP contribution in [0.1, 0.15) is 73.1 Å². The molecule has 2 aromatic rings. The fraction of sp³-hybridized carbons (Fsp3) is 0.655. The van der Waals surface area contributed by atoms with Crippen molar-refractivity contribution in [2.24, 2.45) is 17.8 Å². The molecular weight excluding hydrogens is 623 g/mol. The van der Waals surface area contributed by atoms with Crippen LogP contribution >= 0.6 is 7.75 Å². The molecule has 17 heteroatoms. The van der Waals surface area contributed by atoms with Gasteiger partial charge in [0.15, 0.2) is 18.0 Å². The van der Waals surface area contributed by atoms with Gasteiger partial charge in [0, 0.05) is 7.11 Å². The van der Waals surface area contributed by atoms with Crippen molar-refractivity contribution in [3.63, 3.8) is 0 Å². The number of nitrogens with zero attached hydrogens (tertiary/aromatic N) is 4. The fourth-order valence-corrected chi connectivity index (χ4v) is 5.19. The molecule has 0 aromatic carbocycles. The van der Waals surface area contributed by atoms with Gasteiger partial charge in [0.1, 0.15) is 30.6 Å². The summed E-state index contributed by atoms with van der Waals surface area (Å²) in [4.78, 5) is 53.1. The van der Waals surface area contributed by atoms with Crippen molar-refractivity contribution in [3.8, 4) is 6.07 Å². The number of anilines is 1. The predicted octanol–water partition coefficient (Wildman–Crippen LogP) is 3.10. The van der Waals surface area contributed by atoms with E-state index in [0.717, 1.165) is 26.3 Å². The molecule has 0 amide bonds. The zero-order valence-electron chi connectivity index (χ0n) is 27.5. The fourth-order valence-electron chi connectivity index (χ4n) is 4.16. The first-order valence-electron chi connectivity index (χ1n) is 14.9. The Balaban J connectivity index is 2.53. The molecule has 0 aliphatic rings. The molecule has 2 rings (SSSR count). The van der Waals surface area contributed by atoms with Crippen molar-refractivity contribution < 1.29 is 47.3 Å². The molecule has 256 valence electrons. The van der Waals surface area contributed by atoms with Crippen molar-refractivity contribution >= 4 is 37.0 Å². The largest absolute Gasteiger partial charge is 0.464 e. The highest BCUT2D eigenvalue weighted by atomic mass is 31.2. The molecule has 0 aliphatic heterocycles. The second-order valence-electron chi connectivity index (χ2n) is 11.4. The minimum atomic E-state index is -4.83. The lowest BCUT2D eigenvalue weighted by molar-refractivity contribution is -0.197. The van der Waals surface area contributed by atoms with Gasteiger partial charge in [-0.25, -0.2) is 19.2 Å². The number of nitrogens with one attached hydrogen (secondary N) is 1. The van der Waals surface area contributed by atoms with E-state index < -0.39 is 67.9 Å². The molecular formula is C29H45N6O10P. The van der Waals surface area contributed by atoms with Gasteiger partial charge in [0.05, 0.1) is 24.1 Å². The minimum Gasteiger partial charge on any atom is -0.464 e. The molecule has 4 N–H and O–H groups in total. The van der Waals surface area contributed by atoms with E-state index in [4.69, 9.17) is 29.2 Å². The SMILES string of the molecule is CCC(CC)COC(=O)[C@H](C)NP(=O)(O)OCC(C#N)(OC)[C@@H](OC(=O)C(C)C)[C@@H](OC(=O)C(C)C)c1ccc2c(N)ncnn12. The number of rotatable bonds is 18. The molecule has 0 aliphatic carbocycles. The summed E-state index contributed by atoms with van der Waals surface area (Å²) < 4.78 is 42.1. The maximum Gasteiger partial charge on any atom is 0.403 e. The third-order valence-electron chi connectivity index (χ3n) is 7.30. The number of aromatic nitrogens is 3. The van der Waals surface area contributed by atoms with Crippen LogP contribution in [0.5, 0.6) is 0 Å². The van der Waals surface area contributed by atoms with Crippen LogP contribution in [0.4, 0.5) is 5.82 Å². The molecule has 2 heterocycles. The Kier molecular flexibility index (Phi) is 14.1. The van der Waals surface area contributed by atoms with E-state index in [-0.39, 0.29) is 24.0 Å². The van der Waals surface area contributed by atoms with Crippen molar-refractivity contribution in [3.05, 3.63) is 24.2 Å². The summed E-state index contributed by atoms with van der Waals surface area (Å²) in [5, 5.41) is 16.8. The maximum atomic E-state index is 13.1. The Morgan fingerprint density at radius 2 is 1.70 bits per heavy atom. The van der Waals surface area contributed by atoms with Crippen molar-refractivity contribution in [1.82, 2.24) is 19.7 Å². The van der Waals surface area contributed by atoms with Crippen LogP contribution in [0.2, 0.25) is 0 Å². The number of nitrogens with two attached hydrogens (primary N) is 1. The number of ether oxygens (including phenoxy) is 4. The second kappa shape index (κ2) is 16.8. The minimum absolute atomic E-state index is 0.0902. The Labute approximate surface area is 268 Å². The summed E-state index contributed by atoms with van der Waals surface area (Å²) in [5.41, 5.74) is 4.09. The van der Waals surface area contributed by atoms with Gasteiger partial charge in [0.25, 0.3) is 0 Å². The van der Waals surface area contributed by atoms with Gasteiger partial charge in [-0.05, 0) is 25.0 Å². The smallest absolute Gasteiger partial charge is 0.403 e. The van der Waals surface area contributed by atoms with Crippen LogP contribution in [-0.4, -0.2) is 75.5 Å². The Morgan fingerprint density at radius 1 is 1.09 bits per heavy atom. The molecule has 0 bridgehead atoms. The number of fused-ring (bicyclic) bond motifs is 1. The third-order valence-corrected chi connectivity index (χ3v) is 8.49. The highest BCUT2D eigenvalue weighted by Crippen LogP contribution is 2.42. The van der Waals surface area contributed by atoms with Crippen molar-refractivity contribution in [1.29, 1.82) is 5.26 Å². The molecule has 0 fully saturated rings. The molecule has 0 saturated heterocycles. The van der Waals surface area contributed by atoms with E-state index >= 15 is 0 Å². The highest BCUT2D eigenvalue weighted by molar-refractivity contribution is 7.50. The normalized spacial score (nSPS) is 16.3. The topological polar surface area (TPSA) is 227 Å². The summed E-state index contributed by atoms with van der Waals surface area (Å²) in [6.07, 6.45) is -0.616. The lowest BCUT2D eigenvalue weighted by Crippen LogP contribution is -2.53. The summed E-state index contributed by atoms with van der Waals surface area (Å²) in [7, 11) is -3.74. The number of hydrogen-bond acceptors (Lipinski definition) is 13. The highest BCUT2D eigenvalue weighted by Gasteiger charge is 2.52. The lowest BCUT2D eigenvalue weighted by atomic mass is 9.92. The van der Waals surface area contributed by atoms with E-state index in [1.54, 1.807) is 27.7 Å². The standard InChI is InChI=1S/C29H45N6O10P/c1-9-20(10-2)13-42-28(38)19(7)34-46(39,40)43-15-29(14-30,41-8)24(45-27(37)18(5)6)23(44-26(36)17(3)4)21-11-12-22-25(31)32-16-33-35(21)22/h11-12,16-20,23-24H,9-10,13,15H2,1-8H3,(H2,31,32,33)(H2,34,39,40)/t19-,23-,24-,29?/m0/s1. The van der Waals surface area contributed by atoms with Gasteiger partial charge in [-0.3, -0.25) is 18.9 Å². The molecule has 0 radical (unpaired) electrons. The lowest BCUT2D eigenvalue weighted by Gasteiger charge is -2.37. The van der Waals surface area contributed by atoms with Crippen LogP contribution in [-0.2, 0) is 42.4 Å². The van der Waals surface area contributed by atoms with Gasteiger partial charge in [-0.15, -0.1) is 0 Å². The number of methoxy groups -OCH3 is 1. The second-order valence-corrected chi connectivity index (χ2v) is 12.9. The average Bonchev–Trinajstić information content (AvgIpc) is 3.45. The Morgan fingerprint density at radius 3 is 2.24 bits per heavy atom. The molecule has 2 unspecified atom stereocenters. The van der Waals surface area contributed by atoms with Crippen LogP contribution < -0.4 is 10.8 Å². The zero-order chi connectivity index (χ0) is 34.8. The molecule has 2 aromatic heterocycles. The van der Waals surface area contributed by atoms with Gasteiger partial charge in [-0.1, -0.05) is 54.4 Å². The van der Waals surface area contributed by atoms with E-state index in [0.29, 0.717) is 5.52 Å². The zero-order valence-corrected chi connectivity index (χ0v) is 28.4. The van der Waals surface area contributed by atoms with Gasteiger partial charge in [-0.2, -0.15) is 10.4 Å². The summed E-state index contributed by atoms with van der Waals surface area (Å²) >= 11 is 0. The predicted molar refractivity (Wildman–Crippen MR) is 165 cm³/mol. The van der Waals surface area contributed by atoms with Crippen molar-refractivity contribution in [2.75, 3.05) is 26.1 Å². The van der Waals surface area contributed by atoms with E-state index in [1.807, 2.05) is 19.9 Å². The Hall–Kier alpha value is -3.61. The van der Waals surface area contributed by atoms with Crippen molar-refractivity contribution in [2.45, 2.75) is 85.2 Å². The van der Waals surface area contributed by atoms with Gasteiger partial charge in [0.2, 0.25) is 5.60 Å². The number of hydrogen-bond donors (Lipinski definition) is 3. The molecule has 0 spiro atoms. The van der Waals surface area contributed by atoms with Crippen LogP contribution in [0.25, 0.3) is 5.52 Å². The molecule has 46 heavy (non-hydrogen) atoms. The van der Waals surface area contributed by atoms with E-state index in [2.05, 4.69) is 15.2 Å². The first-order chi connectivity index (χ1) is 21.6. The van der Waals surface area contributed by atoms with E-state index in [9.17, 15) is 29.1 Å². The number of esters is 3. The Bertz CT molecular complexity index is 1440. The summed E-state index contributed by atoms with van der Waals surface area (Å²) in [6, 6.07) is 3.63. The quantitative estimate of drug-likeness (QED) is 0.118. The number of nitrogen functional groups attached to an aromatic ring is 1. The molecule has 5 atom stereocenters. The molecule has 0 saturated carbocycles. The summed E-state index contributed by atoms with van der Waals surface area (Å²) in [6.45, 7) is 10.6. The van der Waals surface area contributed by atoms with E-state index in [1.165, 1.54) is 23.6 Å². The average molecular weight is 669 g/mol. The monoisotopic (exact) mass is 668 g/mol. The van der Waals surface area contributed by atoms with Crippen LogP contribution in [0, 0.1) is 29.1 Å². The van der Waals surface area contributed by atoms with Crippen LogP contribution in [0.15, 0.2) is 18.5 Å². The third kappa shape index (κ3) is 9.70. The number of carbonyl (C=O) groups excluding carboxylic acids is 3. The first kappa shape index (κ1) is 38.6. The summed E-state index contributed by atoms with van der Waals surface area (Å²) in [5.74, 6) is -3.46. The number of carbonyl (C=O) groups is 3. The number of nitriles is 1. The maximum absolute atomic E-state index is 13.1. The van der Waals surface area contributed by atoms with Gasteiger partial charge >= 0.3 is 25.7 Å². The first-order valence-corrected chi connectivity index (χ1v) is 16.5. The van der Waals surface area contributed by atoms with Crippen LogP contribution in [0.3, 0.4) is 0 Å². The molecule has 16 nitrogen and oxygen atoms in total.